The number of amides is 2. The number of nitrogens with zero attached hydrogens (tertiary/aromatic N) is 1. The molecule has 0 aliphatic carbocycles. The summed E-state index contributed by atoms with van der Waals surface area (Å²) < 4.78 is 11.1. The van der Waals surface area contributed by atoms with Crippen molar-refractivity contribution < 1.29 is 23.9 Å². The van der Waals surface area contributed by atoms with Gasteiger partial charge in [-0.25, -0.2) is 0 Å². The number of hydrogen-bond acceptors (Lipinski definition) is 6. The van der Waals surface area contributed by atoms with E-state index in [1.54, 1.807) is 42.5 Å². The topological polar surface area (TPSA) is 84.9 Å². The zero-order valence-corrected chi connectivity index (χ0v) is 24.5. The summed E-state index contributed by atoms with van der Waals surface area (Å²) in [5, 5.41) is 5.02. The van der Waals surface area contributed by atoms with E-state index in [0.717, 1.165) is 36.1 Å². The standard InChI is InChI=1S/C34H34N2O5S/c1-2-40-32(37)16-10-21-41-30-23-25(34(39)36-20-9-8-15-31-29(36)19-22-42-31)17-18-28(30)35-33(38)27-14-7-6-13-26(27)24-11-4-3-5-12-24/h3-7,11-14,17-19,22-23H,2,8-10,15-16,20-21H2,1H3,(H,35,38). The van der Waals surface area contributed by atoms with Gasteiger partial charge in [0.25, 0.3) is 11.8 Å². The molecule has 1 aromatic heterocycles. The van der Waals surface area contributed by atoms with Gasteiger partial charge >= 0.3 is 5.97 Å². The Hall–Kier alpha value is -4.43. The Bertz CT molecular complexity index is 1550. The van der Waals surface area contributed by atoms with Gasteiger partial charge in [-0.1, -0.05) is 48.5 Å². The number of thiophene rings is 1. The van der Waals surface area contributed by atoms with E-state index in [-0.39, 0.29) is 30.8 Å². The van der Waals surface area contributed by atoms with Crippen LogP contribution in [0.25, 0.3) is 11.1 Å². The second kappa shape index (κ2) is 14.0. The van der Waals surface area contributed by atoms with Crippen molar-refractivity contribution in [3.05, 3.63) is 100 Å². The molecule has 42 heavy (non-hydrogen) atoms. The minimum Gasteiger partial charge on any atom is -0.491 e. The normalized spacial score (nSPS) is 12.6. The van der Waals surface area contributed by atoms with E-state index in [1.165, 1.54) is 4.88 Å². The average Bonchev–Trinajstić information content (AvgIpc) is 3.39. The molecule has 0 radical (unpaired) electrons. The van der Waals surface area contributed by atoms with Gasteiger partial charge in [0, 0.05) is 29.0 Å². The van der Waals surface area contributed by atoms with Crippen LogP contribution in [0.15, 0.2) is 84.2 Å². The first-order chi connectivity index (χ1) is 20.5. The van der Waals surface area contributed by atoms with E-state index in [4.69, 9.17) is 9.47 Å². The number of esters is 1. The molecule has 0 spiro atoms. The first-order valence-corrected chi connectivity index (χ1v) is 15.2. The van der Waals surface area contributed by atoms with E-state index in [2.05, 4.69) is 5.32 Å². The molecule has 0 saturated heterocycles. The third-order valence-electron chi connectivity index (χ3n) is 7.11. The Morgan fingerprint density at radius 2 is 1.76 bits per heavy atom. The predicted octanol–water partition coefficient (Wildman–Crippen LogP) is 7.37. The summed E-state index contributed by atoms with van der Waals surface area (Å²) in [4.78, 5) is 42.2. The second-order valence-corrected chi connectivity index (χ2v) is 11.0. The highest BCUT2D eigenvalue weighted by atomic mass is 32.1. The third-order valence-corrected chi connectivity index (χ3v) is 8.08. The van der Waals surface area contributed by atoms with Crippen molar-refractivity contribution in [3.63, 3.8) is 0 Å². The summed E-state index contributed by atoms with van der Waals surface area (Å²) in [7, 11) is 0. The molecule has 0 atom stereocenters. The maximum atomic E-state index is 13.7. The Labute approximate surface area is 250 Å². The molecule has 4 aromatic rings. The number of nitrogens with one attached hydrogen (secondary N) is 1. The second-order valence-electron chi connectivity index (χ2n) is 9.98. The number of rotatable bonds is 10. The van der Waals surface area contributed by atoms with Crippen molar-refractivity contribution in [2.45, 2.75) is 39.0 Å². The van der Waals surface area contributed by atoms with Gasteiger partial charge in [0.15, 0.2) is 0 Å². The molecule has 1 N–H and O–H groups in total. The molecule has 0 unspecified atom stereocenters. The quantitative estimate of drug-likeness (QED) is 0.156. The van der Waals surface area contributed by atoms with Crippen LogP contribution < -0.4 is 15.0 Å². The lowest BCUT2D eigenvalue weighted by molar-refractivity contribution is -0.143. The number of carbonyl (C=O) groups excluding carboxylic acids is 3. The number of fused-ring (bicyclic) bond motifs is 1. The molecule has 7 nitrogen and oxygen atoms in total. The van der Waals surface area contributed by atoms with Crippen molar-refractivity contribution >= 4 is 40.5 Å². The van der Waals surface area contributed by atoms with Crippen molar-refractivity contribution in [2.24, 2.45) is 0 Å². The molecule has 2 heterocycles. The molecule has 216 valence electrons. The lowest BCUT2D eigenvalue weighted by Crippen LogP contribution is -2.31. The largest absolute Gasteiger partial charge is 0.491 e. The van der Waals surface area contributed by atoms with Gasteiger partial charge in [-0.2, -0.15) is 0 Å². The molecule has 1 aliphatic rings. The maximum absolute atomic E-state index is 13.7. The van der Waals surface area contributed by atoms with Crippen molar-refractivity contribution in [3.8, 4) is 16.9 Å². The van der Waals surface area contributed by atoms with Crippen LogP contribution in [0, 0.1) is 0 Å². The van der Waals surface area contributed by atoms with Gasteiger partial charge < -0.3 is 19.7 Å². The van der Waals surface area contributed by atoms with Crippen LogP contribution in [0.1, 0.15) is 58.2 Å². The fourth-order valence-corrected chi connectivity index (χ4v) is 5.98. The Morgan fingerprint density at radius 3 is 2.60 bits per heavy atom. The maximum Gasteiger partial charge on any atom is 0.305 e. The van der Waals surface area contributed by atoms with Crippen LogP contribution in [0.4, 0.5) is 11.4 Å². The summed E-state index contributed by atoms with van der Waals surface area (Å²) in [5.74, 6) is -0.319. The van der Waals surface area contributed by atoms with Crippen LogP contribution in [-0.4, -0.2) is 37.5 Å². The first kappa shape index (κ1) is 29.1. The minimum absolute atomic E-state index is 0.111. The molecule has 0 fully saturated rings. The highest BCUT2D eigenvalue weighted by Crippen LogP contribution is 2.34. The van der Waals surface area contributed by atoms with E-state index in [0.29, 0.717) is 42.1 Å². The average molecular weight is 583 g/mol. The van der Waals surface area contributed by atoms with Crippen LogP contribution >= 0.6 is 11.3 Å². The number of carbonyl (C=O) groups is 3. The lowest BCUT2D eigenvalue weighted by atomic mass is 9.99. The smallest absolute Gasteiger partial charge is 0.305 e. The number of benzene rings is 3. The Morgan fingerprint density at radius 1 is 0.952 bits per heavy atom. The van der Waals surface area contributed by atoms with Crippen LogP contribution in [-0.2, 0) is 16.0 Å². The van der Waals surface area contributed by atoms with E-state index < -0.39 is 0 Å². The zero-order valence-electron chi connectivity index (χ0n) is 23.6. The number of anilines is 2. The number of hydrogen-bond donors (Lipinski definition) is 1. The molecule has 0 saturated carbocycles. The molecule has 0 bridgehead atoms. The van der Waals surface area contributed by atoms with E-state index in [9.17, 15) is 14.4 Å². The van der Waals surface area contributed by atoms with Gasteiger partial charge in [-0.3, -0.25) is 14.4 Å². The van der Waals surface area contributed by atoms with Crippen LogP contribution in [0.2, 0.25) is 0 Å². The van der Waals surface area contributed by atoms with Crippen molar-refractivity contribution in [1.82, 2.24) is 0 Å². The van der Waals surface area contributed by atoms with Gasteiger partial charge in [0.1, 0.15) is 5.75 Å². The van der Waals surface area contributed by atoms with E-state index >= 15 is 0 Å². The third kappa shape index (κ3) is 6.89. The van der Waals surface area contributed by atoms with Crippen molar-refractivity contribution in [1.29, 1.82) is 0 Å². The monoisotopic (exact) mass is 582 g/mol. The van der Waals surface area contributed by atoms with Crippen LogP contribution in [0.5, 0.6) is 5.75 Å². The summed E-state index contributed by atoms with van der Waals surface area (Å²) in [6, 6.07) is 24.3. The number of ether oxygens (including phenoxy) is 2. The van der Waals surface area contributed by atoms with Gasteiger partial charge in [-0.05, 0) is 79.4 Å². The molecule has 1 aliphatic heterocycles. The lowest BCUT2D eigenvalue weighted by Gasteiger charge is -2.22. The molecule has 2 amide bonds. The summed E-state index contributed by atoms with van der Waals surface area (Å²) in [6.45, 7) is 2.96. The predicted molar refractivity (Wildman–Crippen MR) is 167 cm³/mol. The zero-order chi connectivity index (χ0) is 29.3. The van der Waals surface area contributed by atoms with Gasteiger partial charge in [0.2, 0.25) is 0 Å². The molecule has 3 aromatic carbocycles. The molecule has 5 rings (SSSR count). The highest BCUT2D eigenvalue weighted by Gasteiger charge is 2.24. The molecule has 8 heteroatoms. The summed E-state index contributed by atoms with van der Waals surface area (Å²) in [6.07, 6.45) is 3.60. The Balaban J connectivity index is 1.41. The van der Waals surface area contributed by atoms with E-state index in [1.807, 2.05) is 64.9 Å². The molecular weight excluding hydrogens is 548 g/mol. The number of aryl methyl sites for hydroxylation is 1. The fraction of sp³-hybridized carbons (Fsp3) is 0.265. The first-order valence-electron chi connectivity index (χ1n) is 14.3. The highest BCUT2D eigenvalue weighted by molar-refractivity contribution is 7.10. The fourth-order valence-electron chi connectivity index (χ4n) is 5.05. The van der Waals surface area contributed by atoms with Gasteiger partial charge in [-0.15, -0.1) is 11.3 Å². The molecular formula is C34H34N2O5S. The van der Waals surface area contributed by atoms with Crippen molar-refractivity contribution in [2.75, 3.05) is 30.0 Å². The SMILES string of the molecule is CCOC(=O)CCCOc1cc(C(=O)N2CCCCc3sccc32)ccc1NC(=O)c1ccccc1-c1ccccc1. The minimum atomic E-state index is -0.291. The van der Waals surface area contributed by atoms with Crippen LogP contribution in [0.3, 0.4) is 0 Å². The Kier molecular flexibility index (Phi) is 9.66. The van der Waals surface area contributed by atoms with Gasteiger partial charge in [0.05, 0.1) is 24.6 Å². The summed E-state index contributed by atoms with van der Waals surface area (Å²) >= 11 is 1.68. The summed E-state index contributed by atoms with van der Waals surface area (Å²) in [5.41, 5.74) is 4.15.